The highest BCUT2D eigenvalue weighted by molar-refractivity contribution is 5.85. The van der Waals surface area contributed by atoms with Crippen molar-refractivity contribution in [3.05, 3.63) is 0 Å². The zero-order valence-corrected chi connectivity index (χ0v) is 19.4. The molecule has 8 atom stereocenters. The lowest BCUT2D eigenvalue weighted by atomic mass is 9.96. The average Bonchev–Trinajstić information content (AvgIpc) is 2.76. The minimum Gasteiger partial charge on any atom is -0.394 e. The Balaban J connectivity index is 0. The summed E-state index contributed by atoms with van der Waals surface area (Å²) in [5, 5.41) is 100. The maximum Gasteiger partial charge on any atom is 0.111 e. The minimum atomic E-state index is -1.79. The van der Waals surface area contributed by atoms with Gasteiger partial charge in [-0.05, 0) is 31.8 Å². The summed E-state index contributed by atoms with van der Waals surface area (Å²) in [5.74, 6) is 0.195. The van der Waals surface area contributed by atoms with Crippen LogP contribution >= 0.6 is 24.8 Å². The summed E-state index contributed by atoms with van der Waals surface area (Å²) in [6.45, 7) is -0.118. The second-order valence-corrected chi connectivity index (χ2v) is 8.01. The number of piperidine rings is 1. The third-order valence-corrected chi connectivity index (χ3v) is 5.52. The molecule has 1 rings (SSSR count). The first-order valence-corrected chi connectivity index (χ1v) is 10.2. The number of nitrogens with zero attached hydrogens (tertiary/aromatic N) is 1. The molecular formula is C18H40Cl2N2O10. The van der Waals surface area contributed by atoms with Gasteiger partial charge in [0, 0.05) is 19.6 Å². The molecule has 0 unspecified atom stereocenters. The third kappa shape index (κ3) is 11.0. The Morgan fingerprint density at radius 2 is 0.969 bits per heavy atom. The van der Waals surface area contributed by atoms with Gasteiger partial charge in [0.15, 0.2) is 0 Å². The molecule has 32 heavy (non-hydrogen) atoms. The van der Waals surface area contributed by atoms with Gasteiger partial charge in [-0.1, -0.05) is 0 Å². The molecule has 1 aliphatic rings. The Kier molecular flexibility index (Phi) is 18.8. The number of hydrogen-bond donors (Lipinski definition) is 11. The van der Waals surface area contributed by atoms with Crippen LogP contribution in [0.1, 0.15) is 12.8 Å². The molecule has 0 saturated carbocycles. The number of aliphatic hydroxyl groups excluding tert-OH is 10. The third-order valence-electron chi connectivity index (χ3n) is 5.52. The SMILES string of the molecule is Cl.Cl.OC[C@@H](O)[C@@H](O)[C@H](O)[C@@H](O)CN(CC1CCNCC1)C[C@H](O)[C@@H](O)[C@H](O)[C@H](O)CO. The highest BCUT2D eigenvalue weighted by Crippen LogP contribution is 2.17. The Morgan fingerprint density at radius 1 is 0.625 bits per heavy atom. The number of nitrogens with one attached hydrogen (secondary N) is 1. The summed E-state index contributed by atoms with van der Waals surface area (Å²) in [5.41, 5.74) is 0. The lowest BCUT2D eigenvalue weighted by Crippen LogP contribution is -2.54. The van der Waals surface area contributed by atoms with Crippen molar-refractivity contribution in [3.8, 4) is 0 Å². The molecule has 12 nitrogen and oxygen atoms in total. The van der Waals surface area contributed by atoms with Gasteiger partial charge >= 0.3 is 0 Å². The summed E-state index contributed by atoms with van der Waals surface area (Å²) < 4.78 is 0. The van der Waals surface area contributed by atoms with Gasteiger partial charge in [0.05, 0.1) is 25.4 Å². The Hall–Kier alpha value is 0.100. The van der Waals surface area contributed by atoms with Gasteiger partial charge in [-0.3, -0.25) is 4.90 Å². The summed E-state index contributed by atoms with van der Waals surface area (Å²) >= 11 is 0. The molecule has 1 fully saturated rings. The van der Waals surface area contributed by atoms with E-state index >= 15 is 0 Å². The Bertz CT molecular complexity index is 437. The van der Waals surface area contributed by atoms with Crippen molar-refractivity contribution in [2.75, 3.05) is 45.9 Å². The van der Waals surface area contributed by atoms with Crippen molar-refractivity contribution in [1.82, 2.24) is 10.2 Å². The first-order valence-electron chi connectivity index (χ1n) is 10.2. The molecule has 0 aromatic heterocycles. The number of hydrogen-bond acceptors (Lipinski definition) is 12. The van der Waals surface area contributed by atoms with Crippen molar-refractivity contribution in [3.63, 3.8) is 0 Å². The summed E-state index contributed by atoms with van der Waals surface area (Å²) in [4.78, 5) is 1.55. The lowest BCUT2D eigenvalue weighted by Gasteiger charge is -2.36. The summed E-state index contributed by atoms with van der Waals surface area (Å²) in [7, 11) is 0. The predicted molar refractivity (Wildman–Crippen MR) is 119 cm³/mol. The van der Waals surface area contributed by atoms with Crippen LogP contribution in [-0.2, 0) is 0 Å². The van der Waals surface area contributed by atoms with Gasteiger partial charge in [0.2, 0.25) is 0 Å². The molecule has 0 radical (unpaired) electrons. The normalized spacial score (nSPS) is 22.6. The van der Waals surface area contributed by atoms with E-state index in [1.54, 1.807) is 4.90 Å². The zero-order chi connectivity index (χ0) is 22.8. The molecule has 0 bridgehead atoms. The number of halogens is 2. The highest BCUT2D eigenvalue weighted by Gasteiger charge is 2.34. The van der Waals surface area contributed by atoms with E-state index in [9.17, 15) is 40.9 Å². The smallest absolute Gasteiger partial charge is 0.111 e. The molecule has 1 aliphatic heterocycles. The van der Waals surface area contributed by atoms with Crippen molar-refractivity contribution in [2.45, 2.75) is 61.7 Å². The van der Waals surface area contributed by atoms with Crippen LogP contribution in [0.25, 0.3) is 0 Å². The fourth-order valence-corrected chi connectivity index (χ4v) is 3.52. The minimum absolute atomic E-state index is 0. The molecule has 0 amide bonds. The van der Waals surface area contributed by atoms with Gasteiger partial charge in [0.25, 0.3) is 0 Å². The van der Waals surface area contributed by atoms with Crippen LogP contribution in [0.4, 0.5) is 0 Å². The average molecular weight is 515 g/mol. The second kappa shape index (κ2) is 17.5. The zero-order valence-electron chi connectivity index (χ0n) is 17.8. The van der Waals surface area contributed by atoms with E-state index in [1.807, 2.05) is 0 Å². The monoisotopic (exact) mass is 514 g/mol. The van der Waals surface area contributed by atoms with Crippen LogP contribution in [0.15, 0.2) is 0 Å². The van der Waals surface area contributed by atoms with Crippen molar-refractivity contribution < 1.29 is 51.1 Å². The quantitative estimate of drug-likeness (QED) is 0.105. The second-order valence-electron chi connectivity index (χ2n) is 8.01. The molecule has 14 heteroatoms. The first-order chi connectivity index (χ1) is 14.1. The molecular weight excluding hydrogens is 475 g/mol. The molecule has 0 spiro atoms. The Labute approximate surface area is 199 Å². The van der Waals surface area contributed by atoms with E-state index in [0.29, 0.717) is 6.54 Å². The largest absolute Gasteiger partial charge is 0.394 e. The van der Waals surface area contributed by atoms with Crippen LogP contribution in [0, 0.1) is 5.92 Å². The van der Waals surface area contributed by atoms with Gasteiger partial charge in [-0.15, -0.1) is 24.8 Å². The first kappa shape index (κ1) is 34.3. The topological polar surface area (TPSA) is 218 Å². The molecule has 0 aromatic carbocycles. The fourth-order valence-electron chi connectivity index (χ4n) is 3.52. The van der Waals surface area contributed by atoms with Gasteiger partial charge < -0.3 is 56.4 Å². The molecule has 11 N–H and O–H groups in total. The fraction of sp³-hybridized carbons (Fsp3) is 1.00. The van der Waals surface area contributed by atoms with Crippen LogP contribution in [-0.4, -0.2) is 151 Å². The number of rotatable bonds is 14. The summed E-state index contributed by atoms with van der Waals surface area (Å²) in [6.07, 6.45) is -11.8. The lowest BCUT2D eigenvalue weighted by molar-refractivity contribution is -0.131. The molecule has 196 valence electrons. The van der Waals surface area contributed by atoms with Crippen LogP contribution in [0.3, 0.4) is 0 Å². The van der Waals surface area contributed by atoms with E-state index < -0.39 is 62.0 Å². The van der Waals surface area contributed by atoms with Gasteiger partial charge in [0.1, 0.15) is 36.6 Å². The van der Waals surface area contributed by atoms with Gasteiger partial charge in [-0.25, -0.2) is 0 Å². The van der Waals surface area contributed by atoms with E-state index in [2.05, 4.69) is 5.32 Å². The predicted octanol–water partition coefficient (Wildman–Crippen LogP) is -5.00. The van der Waals surface area contributed by atoms with Gasteiger partial charge in [-0.2, -0.15) is 0 Å². The van der Waals surface area contributed by atoms with Crippen molar-refractivity contribution >= 4 is 24.8 Å². The van der Waals surface area contributed by atoms with E-state index in [-0.39, 0.29) is 43.8 Å². The molecule has 0 aromatic rings. The van der Waals surface area contributed by atoms with Crippen LogP contribution in [0.2, 0.25) is 0 Å². The van der Waals surface area contributed by atoms with E-state index in [0.717, 1.165) is 25.9 Å². The molecule has 1 heterocycles. The highest BCUT2D eigenvalue weighted by atomic mass is 35.5. The van der Waals surface area contributed by atoms with E-state index in [4.69, 9.17) is 10.2 Å². The van der Waals surface area contributed by atoms with Crippen LogP contribution in [0.5, 0.6) is 0 Å². The molecule has 1 saturated heterocycles. The van der Waals surface area contributed by atoms with Crippen LogP contribution < -0.4 is 5.32 Å². The maximum absolute atomic E-state index is 10.3. The van der Waals surface area contributed by atoms with Crippen molar-refractivity contribution in [2.24, 2.45) is 5.92 Å². The van der Waals surface area contributed by atoms with E-state index in [1.165, 1.54) is 0 Å². The standard InChI is InChI=1S/C18H38N2O10.2ClH/c21-8-13(25)17(29)15(27)11(23)6-20(5-10-1-3-19-4-2-10)7-12(24)16(28)18(30)14(26)9-22;;/h10-19,21-30H,1-9H2;2*1H/t11-,12-,13+,14+,15+,16+,17+,18+;;/m0../s1. The number of aliphatic hydroxyl groups is 10. The summed E-state index contributed by atoms with van der Waals surface area (Å²) in [6, 6.07) is 0. The maximum atomic E-state index is 10.3. The van der Waals surface area contributed by atoms with Crippen molar-refractivity contribution in [1.29, 1.82) is 0 Å². The Morgan fingerprint density at radius 3 is 1.31 bits per heavy atom. The molecule has 0 aliphatic carbocycles.